The fraction of sp³-hybridized carbons (Fsp3) is 0.692. The summed E-state index contributed by atoms with van der Waals surface area (Å²) in [6, 6.07) is 0. The number of piperidine rings is 1. The third-order valence-corrected chi connectivity index (χ3v) is 4.13. The molecule has 8 heteroatoms. The minimum absolute atomic E-state index is 0.0690. The smallest absolute Gasteiger partial charge is 0.258 e. The molecule has 0 radical (unpaired) electrons. The molecule has 0 aromatic carbocycles. The van der Waals surface area contributed by atoms with Crippen LogP contribution in [0.15, 0.2) is 12.2 Å². The number of Topliss-reactive ketones (excluding diaryl/α,β-unsaturated/α-hetero) is 1. The van der Waals surface area contributed by atoms with Crippen LogP contribution in [0.4, 0.5) is 0 Å². The summed E-state index contributed by atoms with van der Waals surface area (Å²) < 4.78 is 5.38. The fourth-order valence-electron chi connectivity index (χ4n) is 2.61. The first kappa shape index (κ1) is 16.1. The van der Waals surface area contributed by atoms with Crippen LogP contribution >= 0.6 is 0 Å². The predicted molar refractivity (Wildman–Crippen MR) is 68.9 cm³/mol. The summed E-state index contributed by atoms with van der Waals surface area (Å²) in [5, 5.41) is 41.8. The first-order valence-corrected chi connectivity index (χ1v) is 6.52. The summed E-state index contributed by atoms with van der Waals surface area (Å²) in [4.78, 5) is 24.5. The molecule has 5 N–H and O–H groups in total. The second-order valence-corrected chi connectivity index (χ2v) is 5.77. The molecular weight excluding hydrogens is 282 g/mol. The van der Waals surface area contributed by atoms with Crippen LogP contribution in [-0.2, 0) is 14.3 Å². The summed E-state index contributed by atoms with van der Waals surface area (Å²) in [6.45, 7) is 3.78. The highest BCUT2D eigenvalue weighted by atomic mass is 16.5. The van der Waals surface area contributed by atoms with E-state index in [1.54, 1.807) is 0 Å². The monoisotopic (exact) mass is 301 g/mol. The Morgan fingerprint density at radius 2 is 2.14 bits per heavy atom. The third-order valence-electron chi connectivity index (χ3n) is 4.13. The van der Waals surface area contributed by atoms with Crippen molar-refractivity contribution in [3.63, 3.8) is 0 Å². The Kier molecular flexibility index (Phi) is 3.71. The lowest BCUT2D eigenvalue weighted by Gasteiger charge is -2.49. The van der Waals surface area contributed by atoms with Gasteiger partial charge in [0, 0.05) is 0 Å². The van der Waals surface area contributed by atoms with Gasteiger partial charge in [0.05, 0.1) is 19.6 Å². The molecule has 3 fully saturated rings. The molecule has 3 aliphatic rings. The zero-order valence-electron chi connectivity index (χ0n) is 11.6. The van der Waals surface area contributed by atoms with Crippen LogP contribution in [0.5, 0.6) is 0 Å². The lowest BCUT2D eigenvalue weighted by molar-refractivity contribution is -0.221. The largest absolute Gasteiger partial charge is 0.393 e. The maximum atomic E-state index is 12.3. The van der Waals surface area contributed by atoms with Crippen LogP contribution < -0.4 is 5.32 Å². The number of hydrogen-bond donors (Lipinski definition) is 5. The van der Waals surface area contributed by atoms with E-state index in [0.717, 1.165) is 6.92 Å². The molecule has 0 unspecified atom stereocenters. The fourth-order valence-corrected chi connectivity index (χ4v) is 2.61. The zero-order valence-corrected chi connectivity index (χ0v) is 11.6. The van der Waals surface area contributed by atoms with Gasteiger partial charge in [-0.1, -0.05) is 6.58 Å². The van der Waals surface area contributed by atoms with E-state index in [9.17, 15) is 24.9 Å². The van der Waals surface area contributed by atoms with Crippen LogP contribution in [0.3, 0.4) is 0 Å². The Bertz CT molecular complexity index is 503. The molecule has 1 amide bonds. The second kappa shape index (κ2) is 4.85. The van der Waals surface area contributed by atoms with Crippen LogP contribution in [0.2, 0.25) is 0 Å². The Labute approximate surface area is 121 Å². The van der Waals surface area contributed by atoms with Gasteiger partial charge in [-0.25, -0.2) is 0 Å². The standard InChI is InChI=1S/C13H19NO7/c1-7-3-4-21-12(9(17)11(2,19)6-15)5-8(16)13(7,20)14-10(12)18/h9,15,17,19-20H,1,3-6H2,2H3,(H,14,18)/t9-,11+,12-,13+/m1/s1. The minimum Gasteiger partial charge on any atom is -0.393 e. The molecule has 118 valence electrons. The van der Waals surface area contributed by atoms with E-state index in [4.69, 9.17) is 9.84 Å². The average Bonchev–Trinajstić information content (AvgIpc) is 2.42. The molecule has 2 bridgehead atoms. The summed E-state index contributed by atoms with van der Waals surface area (Å²) >= 11 is 0. The molecule has 0 aliphatic carbocycles. The molecule has 21 heavy (non-hydrogen) atoms. The molecule has 0 aromatic rings. The van der Waals surface area contributed by atoms with E-state index in [1.165, 1.54) is 0 Å². The van der Waals surface area contributed by atoms with Gasteiger partial charge in [-0.2, -0.15) is 0 Å². The minimum atomic E-state index is -2.19. The molecule has 3 saturated heterocycles. The summed E-state index contributed by atoms with van der Waals surface area (Å²) in [7, 11) is 0. The number of nitrogens with one attached hydrogen (secondary N) is 1. The van der Waals surface area contributed by atoms with Crippen molar-refractivity contribution >= 4 is 11.7 Å². The molecule has 4 atom stereocenters. The van der Waals surface area contributed by atoms with Crippen molar-refractivity contribution in [3.8, 4) is 0 Å². The highest BCUT2D eigenvalue weighted by Crippen LogP contribution is 2.38. The first-order chi connectivity index (χ1) is 9.60. The number of carbonyl (C=O) groups excluding carboxylic acids is 2. The number of amides is 1. The maximum absolute atomic E-state index is 12.3. The van der Waals surface area contributed by atoms with Crippen molar-refractivity contribution in [2.75, 3.05) is 13.2 Å². The molecule has 3 heterocycles. The third kappa shape index (κ3) is 2.19. The van der Waals surface area contributed by atoms with Crippen LogP contribution in [0.1, 0.15) is 19.8 Å². The van der Waals surface area contributed by atoms with Crippen molar-refractivity contribution in [2.45, 2.75) is 42.8 Å². The van der Waals surface area contributed by atoms with E-state index >= 15 is 0 Å². The number of aliphatic hydroxyl groups is 4. The number of carbonyl (C=O) groups is 2. The van der Waals surface area contributed by atoms with Crippen LogP contribution in [0, 0.1) is 0 Å². The van der Waals surface area contributed by atoms with Crippen LogP contribution in [-0.4, -0.2) is 68.4 Å². The predicted octanol–water partition coefficient (Wildman–Crippen LogP) is -2.42. The Morgan fingerprint density at radius 3 is 2.71 bits per heavy atom. The Balaban J connectivity index is 2.47. The van der Waals surface area contributed by atoms with Gasteiger partial charge in [0.25, 0.3) is 5.91 Å². The van der Waals surface area contributed by atoms with E-state index in [1.807, 2.05) is 0 Å². The number of fused-ring (bicyclic) bond motifs is 5. The SMILES string of the molecule is C=C1CCO[C@@]2([C@H](O)[C@@](C)(O)CO)CC(=O)[C@]1(O)NC2=O. The molecular formula is C13H19NO7. The van der Waals surface area contributed by atoms with Crippen molar-refractivity contribution in [2.24, 2.45) is 0 Å². The lowest BCUT2D eigenvalue weighted by atomic mass is 9.74. The quantitative estimate of drug-likeness (QED) is 0.366. The highest BCUT2D eigenvalue weighted by molar-refractivity contribution is 6.04. The molecule has 3 rings (SSSR count). The number of ether oxygens (including phenoxy) is 1. The Hall–Kier alpha value is -1.32. The van der Waals surface area contributed by atoms with Crippen molar-refractivity contribution in [3.05, 3.63) is 12.2 Å². The average molecular weight is 301 g/mol. The van der Waals surface area contributed by atoms with Crippen molar-refractivity contribution in [1.29, 1.82) is 0 Å². The van der Waals surface area contributed by atoms with Gasteiger partial charge in [-0.05, 0) is 18.9 Å². The first-order valence-electron chi connectivity index (χ1n) is 6.52. The lowest BCUT2D eigenvalue weighted by Crippen LogP contribution is -2.75. The normalized spacial score (nSPS) is 37.5. The van der Waals surface area contributed by atoms with Crippen molar-refractivity contribution < 1.29 is 34.8 Å². The Morgan fingerprint density at radius 1 is 1.52 bits per heavy atom. The van der Waals surface area contributed by atoms with Gasteiger partial charge in [-0.3, -0.25) is 9.59 Å². The van der Waals surface area contributed by atoms with E-state index in [2.05, 4.69) is 11.9 Å². The number of rotatable bonds is 3. The van der Waals surface area contributed by atoms with E-state index in [-0.39, 0.29) is 18.6 Å². The summed E-state index contributed by atoms with van der Waals surface area (Å²) in [5.41, 5.74) is -6.20. The number of hydrogen-bond acceptors (Lipinski definition) is 7. The zero-order chi connectivity index (χ0) is 16.1. The number of ketones is 1. The van der Waals surface area contributed by atoms with Gasteiger partial charge >= 0.3 is 0 Å². The summed E-state index contributed by atoms with van der Waals surface area (Å²) in [5.74, 6) is -1.73. The number of aliphatic hydroxyl groups excluding tert-OH is 2. The topological polar surface area (TPSA) is 136 Å². The molecule has 0 spiro atoms. The molecule has 8 nitrogen and oxygen atoms in total. The highest BCUT2D eigenvalue weighted by Gasteiger charge is 2.62. The summed E-state index contributed by atoms with van der Waals surface area (Å²) in [6.07, 6.45) is -2.39. The van der Waals surface area contributed by atoms with Gasteiger partial charge in [0.1, 0.15) is 11.7 Å². The van der Waals surface area contributed by atoms with Gasteiger partial charge in [0.2, 0.25) is 5.72 Å². The molecule has 3 aliphatic heterocycles. The van der Waals surface area contributed by atoms with Gasteiger partial charge in [0.15, 0.2) is 11.4 Å². The maximum Gasteiger partial charge on any atom is 0.258 e. The molecule has 0 aromatic heterocycles. The van der Waals surface area contributed by atoms with E-state index < -0.39 is 47.7 Å². The van der Waals surface area contributed by atoms with Crippen LogP contribution in [0.25, 0.3) is 0 Å². The second-order valence-electron chi connectivity index (χ2n) is 5.77. The molecule has 0 saturated carbocycles. The van der Waals surface area contributed by atoms with Gasteiger partial charge in [-0.15, -0.1) is 0 Å². The van der Waals surface area contributed by atoms with Gasteiger partial charge < -0.3 is 30.5 Å². The van der Waals surface area contributed by atoms with E-state index in [0.29, 0.717) is 0 Å². The van der Waals surface area contributed by atoms with Crippen molar-refractivity contribution in [1.82, 2.24) is 5.32 Å².